The summed E-state index contributed by atoms with van der Waals surface area (Å²) in [5.74, 6) is 2.25. The molecular formula is C28H37N7O3. The summed E-state index contributed by atoms with van der Waals surface area (Å²) >= 11 is 0. The van der Waals surface area contributed by atoms with Gasteiger partial charge in [-0.3, -0.25) is 14.5 Å². The summed E-state index contributed by atoms with van der Waals surface area (Å²) < 4.78 is 5.62. The first kappa shape index (κ1) is 24.9. The number of fused-ring (bicyclic) bond motifs is 1. The normalized spacial score (nSPS) is 30.0. The number of carbonyl (C=O) groups is 2. The number of nitrogens with one attached hydrogen (secondary N) is 2. The molecule has 10 heteroatoms. The Labute approximate surface area is 223 Å². The zero-order valence-electron chi connectivity index (χ0n) is 22.8. The molecule has 6 aliphatic rings. The second kappa shape index (κ2) is 9.11. The van der Waals surface area contributed by atoms with Gasteiger partial charge in [-0.15, -0.1) is 0 Å². The molecule has 1 aromatic heterocycles. The van der Waals surface area contributed by atoms with E-state index in [1.165, 1.54) is 0 Å². The molecule has 8 bridgehead atoms. The Hall–Kier alpha value is -3.40. The van der Waals surface area contributed by atoms with E-state index < -0.39 is 5.41 Å². The predicted octanol–water partition coefficient (Wildman–Crippen LogP) is 3.02. The quantitative estimate of drug-likeness (QED) is 0.593. The van der Waals surface area contributed by atoms with Crippen LogP contribution in [0, 0.1) is 11.3 Å². The molecule has 8 rings (SSSR count). The molecule has 5 aliphatic heterocycles. The van der Waals surface area contributed by atoms with Crippen LogP contribution in [-0.2, 0) is 4.79 Å². The third-order valence-electron chi connectivity index (χ3n) is 8.93. The average Bonchev–Trinajstić information content (AvgIpc) is 3.35. The maximum absolute atomic E-state index is 13.4. The molecule has 2 aromatic rings. The number of hydrogen-bond acceptors (Lipinski definition) is 8. The Balaban J connectivity index is 1.44. The van der Waals surface area contributed by atoms with Gasteiger partial charge in [-0.1, -0.05) is 0 Å². The van der Waals surface area contributed by atoms with Crippen molar-refractivity contribution in [3.05, 3.63) is 30.0 Å². The molecule has 1 aromatic carbocycles. The van der Waals surface area contributed by atoms with Crippen molar-refractivity contribution in [3.8, 4) is 5.75 Å². The third kappa shape index (κ3) is 4.15. The van der Waals surface area contributed by atoms with Crippen LogP contribution in [0.25, 0.3) is 0 Å². The number of anilines is 4. The van der Waals surface area contributed by atoms with Crippen LogP contribution in [-0.4, -0.2) is 78.6 Å². The predicted molar refractivity (Wildman–Crippen MR) is 146 cm³/mol. The molecule has 202 valence electrons. The topological polar surface area (TPSA) is 103 Å². The molecule has 2 fully saturated rings. The van der Waals surface area contributed by atoms with Gasteiger partial charge in [-0.25, -0.2) is 4.98 Å². The van der Waals surface area contributed by atoms with E-state index in [0.717, 1.165) is 43.9 Å². The lowest BCUT2D eigenvalue weighted by molar-refractivity contribution is -0.125. The van der Waals surface area contributed by atoms with Crippen molar-refractivity contribution in [2.24, 2.45) is 11.3 Å². The van der Waals surface area contributed by atoms with Crippen molar-refractivity contribution in [3.63, 3.8) is 0 Å². The number of methoxy groups -OCH3 is 1. The molecule has 1 saturated carbocycles. The maximum atomic E-state index is 13.4. The van der Waals surface area contributed by atoms with Crippen molar-refractivity contribution < 1.29 is 14.3 Å². The van der Waals surface area contributed by atoms with Gasteiger partial charge in [-0.05, 0) is 64.2 Å². The summed E-state index contributed by atoms with van der Waals surface area (Å²) in [6.45, 7) is 8.67. The fourth-order valence-electron chi connectivity index (χ4n) is 6.58. The van der Waals surface area contributed by atoms with E-state index in [0.29, 0.717) is 41.5 Å². The van der Waals surface area contributed by atoms with Gasteiger partial charge in [0.1, 0.15) is 11.4 Å². The van der Waals surface area contributed by atoms with Crippen LogP contribution in [0.15, 0.2) is 24.4 Å². The summed E-state index contributed by atoms with van der Waals surface area (Å²) in [5, 5.41) is 6.46. The van der Waals surface area contributed by atoms with Gasteiger partial charge < -0.3 is 25.2 Å². The van der Waals surface area contributed by atoms with E-state index in [2.05, 4.69) is 32.3 Å². The highest BCUT2D eigenvalue weighted by Gasteiger charge is 2.44. The average molecular weight is 520 g/mol. The summed E-state index contributed by atoms with van der Waals surface area (Å²) in [5.41, 5.74) is 1.38. The Kier molecular flexibility index (Phi) is 5.97. The first-order valence-electron chi connectivity index (χ1n) is 13.6. The molecule has 0 spiro atoms. The zero-order chi connectivity index (χ0) is 26.8. The SMILES string of the molecule is COc1cc2ccc1Nc1ncc3c(n1)N(CC(C)(C)C(=O)N3C)C1CCC(C1)C(C)N1CC(C1)NC2=O. The monoisotopic (exact) mass is 519 g/mol. The Morgan fingerprint density at radius 1 is 1.16 bits per heavy atom. The summed E-state index contributed by atoms with van der Waals surface area (Å²) in [6, 6.07) is 6.20. The highest BCUT2D eigenvalue weighted by Crippen LogP contribution is 2.43. The number of aromatic nitrogens is 2. The standard InChI is InChI=1S/C28H37N7O3/c1-16-17-6-8-20(10-17)35-15-28(2,3)26(37)33(4)22-12-29-27(32-24(22)35)31-21-9-7-18(11-23(21)38-5)25(36)30-19-13-34(16)14-19/h7,9,11-12,16-17,19-20H,6,8,10,13-15H2,1-5H3,(H,30,36)(H,29,31,32). The number of rotatable bonds is 1. The number of nitrogens with zero attached hydrogens (tertiary/aromatic N) is 5. The smallest absolute Gasteiger partial charge is 0.251 e. The minimum absolute atomic E-state index is 0.0629. The third-order valence-corrected chi connectivity index (χ3v) is 8.93. The van der Waals surface area contributed by atoms with Crippen LogP contribution in [0.3, 0.4) is 0 Å². The minimum Gasteiger partial charge on any atom is -0.495 e. The fraction of sp³-hybridized carbons (Fsp3) is 0.571. The summed E-state index contributed by atoms with van der Waals surface area (Å²) in [4.78, 5) is 42.5. The number of ether oxygens (including phenoxy) is 1. The molecule has 10 nitrogen and oxygen atoms in total. The van der Waals surface area contributed by atoms with Crippen LogP contribution in [0.1, 0.15) is 50.4 Å². The van der Waals surface area contributed by atoms with Crippen molar-refractivity contribution in [2.75, 3.05) is 48.9 Å². The van der Waals surface area contributed by atoms with Gasteiger partial charge in [0.2, 0.25) is 11.9 Å². The van der Waals surface area contributed by atoms with E-state index in [4.69, 9.17) is 9.72 Å². The maximum Gasteiger partial charge on any atom is 0.251 e. The van der Waals surface area contributed by atoms with Crippen LogP contribution in [0.4, 0.5) is 23.1 Å². The Morgan fingerprint density at radius 3 is 2.71 bits per heavy atom. The van der Waals surface area contributed by atoms with Crippen LogP contribution in [0.2, 0.25) is 0 Å². The molecule has 2 N–H and O–H groups in total. The zero-order valence-corrected chi connectivity index (χ0v) is 22.8. The molecule has 1 saturated heterocycles. The van der Waals surface area contributed by atoms with Crippen molar-refractivity contribution in [1.29, 1.82) is 0 Å². The molecular weight excluding hydrogens is 482 g/mol. The highest BCUT2D eigenvalue weighted by atomic mass is 16.5. The van der Waals surface area contributed by atoms with Gasteiger partial charge >= 0.3 is 0 Å². The number of hydrogen-bond donors (Lipinski definition) is 2. The minimum atomic E-state index is -0.564. The van der Waals surface area contributed by atoms with E-state index in [-0.39, 0.29) is 23.9 Å². The molecule has 6 heterocycles. The van der Waals surface area contributed by atoms with E-state index in [9.17, 15) is 9.59 Å². The Morgan fingerprint density at radius 2 is 1.95 bits per heavy atom. The number of carbonyl (C=O) groups excluding carboxylic acids is 2. The fourth-order valence-corrected chi connectivity index (χ4v) is 6.58. The van der Waals surface area contributed by atoms with Gasteiger partial charge in [-0.2, -0.15) is 4.98 Å². The highest BCUT2D eigenvalue weighted by molar-refractivity contribution is 6.01. The second-order valence-electron chi connectivity index (χ2n) is 11.9. The molecule has 0 radical (unpaired) electrons. The van der Waals surface area contributed by atoms with E-state index in [1.807, 2.05) is 27.0 Å². The lowest BCUT2D eigenvalue weighted by Gasteiger charge is -2.45. The van der Waals surface area contributed by atoms with Crippen LogP contribution < -0.4 is 25.2 Å². The van der Waals surface area contributed by atoms with Crippen molar-refractivity contribution >= 4 is 35.0 Å². The largest absolute Gasteiger partial charge is 0.495 e. The number of amides is 2. The lowest BCUT2D eigenvalue weighted by Crippen LogP contribution is -2.62. The van der Waals surface area contributed by atoms with Gasteiger partial charge in [0.25, 0.3) is 5.91 Å². The van der Waals surface area contributed by atoms with Gasteiger partial charge in [0.05, 0.1) is 30.5 Å². The molecule has 3 unspecified atom stereocenters. The lowest BCUT2D eigenvalue weighted by atomic mass is 9.90. The second-order valence-corrected chi connectivity index (χ2v) is 11.9. The Bertz CT molecular complexity index is 1280. The summed E-state index contributed by atoms with van der Waals surface area (Å²) in [6.07, 6.45) is 4.97. The first-order chi connectivity index (χ1) is 18.1. The molecule has 38 heavy (non-hydrogen) atoms. The van der Waals surface area contributed by atoms with Gasteiger partial charge in [0, 0.05) is 44.3 Å². The molecule has 3 atom stereocenters. The summed E-state index contributed by atoms with van der Waals surface area (Å²) in [7, 11) is 3.39. The van der Waals surface area contributed by atoms with Gasteiger partial charge in [0.15, 0.2) is 5.82 Å². The van der Waals surface area contributed by atoms with Crippen LogP contribution in [0.5, 0.6) is 5.75 Å². The van der Waals surface area contributed by atoms with E-state index >= 15 is 0 Å². The van der Waals surface area contributed by atoms with E-state index in [1.54, 1.807) is 30.3 Å². The van der Waals surface area contributed by atoms with Crippen molar-refractivity contribution in [2.45, 2.75) is 58.2 Å². The van der Waals surface area contributed by atoms with Crippen LogP contribution >= 0.6 is 0 Å². The molecule has 1 aliphatic carbocycles. The first-order valence-corrected chi connectivity index (χ1v) is 13.6. The van der Waals surface area contributed by atoms with Crippen molar-refractivity contribution in [1.82, 2.24) is 20.2 Å². The number of benzene rings is 1. The molecule has 2 amide bonds.